The summed E-state index contributed by atoms with van der Waals surface area (Å²) in [6.07, 6.45) is 1.97. The molecule has 1 rings (SSSR count). The molecule has 26 valence electrons. The maximum absolute atomic E-state index is 7.88. The molecule has 0 bridgehead atoms. The maximum atomic E-state index is 7.88. The van der Waals surface area contributed by atoms with E-state index in [4.69, 9.17) is 5.26 Å². The lowest BCUT2D eigenvalue weighted by atomic mass is 11.0. The lowest BCUT2D eigenvalue weighted by Gasteiger charge is -1.66. The first-order valence-corrected chi connectivity index (χ1v) is 1.58. The van der Waals surface area contributed by atoms with E-state index >= 15 is 0 Å². The first-order chi connectivity index (χ1) is 2.43. The molecule has 0 unspecified atom stereocenters. The van der Waals surface area contributed by atoms with E-state index in [0.717, 1.165) is 13.1 Å². The standard InChI is InChI=1S/C3H4N2/c4-3-5-1-2-5/h1-2H2. The fourth-order valence-electron chi connectivity index (χ4n) is 0.150. The molecule has 1 aliphatic heterocycles. The highest BCUT2D eigenvalue weighted by Gasteiger charge is 2.12. The van der Waals surface area contributed by atoms with Gasteiger partial charge in [-0.3, -0.25) is 0 Å². The minimum absolute atomic E-state index is 0.983. The van der Waals surface area contributed by atoms with Crippen LogP contribution in [0.1, 0.15) is 0 Å². The smallest absolute Gasteiger partial charge is 0.179 e. The Hall–Kier alpha value is -0.710. The predicted octanol–water partition coefficient (Wildman–Crippen LogP) is -0.217. The number of nitrogens with zero attached hydrogens (tertiary/aromatic N) is 2. The van der Waals surface area contributed by atoms with Gasteiger partial charge >= 0.3 is 0 Å². The third kappa shape index (κ3) is 0.297. The highest BCUT2D eigenvalue weighted by Crippen LogP contribution is 1.96. The Bertz CT molecular complexity index is 67.5. The molecule has 0 aromatic carbocycles. The van der Waals surface area contributed by atoms with Gasteiger partial charge in [-0.15, -0.1) is 0 Å². The summed E-state index contributed by atoms with van der Waals surface area (Å²) in [5, 5.41) is 7.88. The van der Waals surface area contributed by atoms with Crippen molar-refractivity contribution in [2.75, 3.05) is 13.1 Å². The zero-order valence-electron chi connectivity index (χ0n) is 2.81. The van der Waals surface area contributed by atoms with Gasteiger partial charge in [0.1, 0.15) is 0 Å². The van der Waals surface area contributed by atoms with Crippen LogP contribution in [-0.2, 0) is 0 Å². The second-order valence-electron chi connectivity index (χ2n) is 1.09. The molecule has 0 N–H and O–H groups in total. The molecule has 2 nitrogen and oxygen atoms in total. The molecule has 2 heteroatoms. The second-order valence-corrected chi connectivity index (χ2v) is 1.09. The van der Waals surface area contributed by atoms with Crippen molar-refractivity contribution in [1.82, 2.24) is 4.90 Å². The summed E-state index contributed by atoms with van der Waals surface area (Å²) < 4.78 is 0. The number of nitriles is 1. The van der Waals surface area contributed by atoms with Gasteiger partial charge < -0.3 is 4.90 Å². The van der Waals surface area contributed by atoms with Gasteiger partial charge in [-0.05, 0) is 0 Å². The lowest BCUT2D eigenvalue weighted by Crippen LogP contribution is -1.75. The second kappa shape index (κ2) is 0.617. The van der Waals surface area contributed by atoms with E-state index in [0.29, 0.717) is 0 Å². The molecule has 5 heavy (non-hydrogen) atoms. The molecule has 1 fully saturated rings. The fourth-order valence-corrected chi connectivity index (χ4v) is 0.150. The summed E-state index contributed by atoms with van der Waals surface area (Å²) >= 11 is 0. The van der Waals surface area contributed by atoms with Crippen LogP contribution in [0.25, 0.3) is 0 Å². The van der Waals surface area contributed by atoms with Gasteiger partial charge in [-0.1, -0.05) is 0 Å². The van der Waals surface area contributed by atoms with Crippen molar-refractivity contribution in [3.8, 4) is 6.19 Å². The minimum atomic E-state index is 0.983. The van der Waals surface area contributed by atoms with E-state index in [2.05, 4.69) is 0 Å². The molecule has 1 aliphatic rings. The van der Waals surface area contributed by atoms with Gasteiger partial charge in [0.15, 0.2) is 6.19 Å². The number of hydrogen-bond acceptors (Lipinski definition) is 2. The topological polar surface area (TPSA) is 26.8 Å². The van der Waals surface area contributed by atoms with Crippen LogP contribution in [-0.4, -0.2) is 18.0 Å². The van der Waals surface area contributed by atoms with E-state index in [1.807, 2.05) is 6.19 Å². The highest BCUT2D eigenvalue weighted by atomic mass is 15.2. The van der Waals surface area contributed by atoms with Crippen LogP contribution in [0.5, 0.6) is 0 Å². The molecule has 0 atom stereocenters. The average Bonchev–Trinajstić information content (AvgIpc) is 2.12. The van der Waals surface area contributed by atoms with Crippen molar-refractivity contribution < 1.29 is 0 Å². The zero-order chi connectivity index (χ0) is 3.70. The van der Waals surface area contributed by atoms with E-state index in [-0.39, 0.29) is 0 Å². The van der Waals surface area contributed by atoms with Crippen LogP contribution in [0.2, 0.25) is 0 Å². The lowest BCUT2D eigenvalue weighted by molar-refractivity contribution is 0.797. The van der Waals surface area contributed by atoms with Crippen molar-refractivity contribution in [1.29, 1.82) is 5.26 Å². The van der Waals surface area contributed by atoms with Crippen molar-refractivity contribution in [3.63, 3.8) is 0 Å². The van der Waals surface area contributed by atoms with E-state index < -0.39 is 0 Å². The van der Waals surface area contributed by atoms with Crippen LogP contribution in [0.3, 0.4) is 0 Å². The van der Waals surface area contributed by atoms with Crippen LogP contribution in [0, 0.1) is 11.5 Å². The molecule has 0 spiro atoms. The summed E-state index contributed by atoms with van der Waals surface area (Å²) in [7, 11) is 0. The minimum Gasteiger partial charge on any atom is -0.307 e. The number of hydrogen-bond donors (Lipinski definition) is 0. The Kier molecular flexibility index (Phi) is 0.311. The van der Waals surface area contributed by atoms with Gasteiger partial charge in [-0.2, -0.15) is 5.26 Å². The Labute approximate surface area is 30.6 Å². The SMILES string of the molecule is N#CN1CC1. The van der Waals surface area contributed by atoms with Gasteiger partial charge in [0, 0.05) is 13.1 Å². The normalized spacial score (nSPS) is 17.8. The van der Waals surface area contributed by atoms with Gasteiger partial charge in [-0.25, -0.2) is 0 Å². The molecule has 0 aliphatic carbocycles. The van der Waals surface area contributed by atoms with Gasteiger partial charge in [0.2, 0.25) is 0 Å². The van der Waals surface area contributed by atoms with E-state index in [1.54, 1.807) is 4.90 Å². The molecule has 0 amide bonds. The van der Waals surface area contributed by atoms with Crippen molar-refractivity contribution in [3.05, 3.63) is 0 Å². The Balaban J connectivity index is 2.30. The van der Waals surface area contributed by atoms with Crippen molar-refractivity contribution in [2.45, 2.75) is 0 Å². The van der Waals surface area contributed by atoms with E-state index in [1.165, 1.54) is 0 Å². The molecule has 0 saturated carbocycles. The zero-order valence-corrected chi connectivity index (χ0v) is 2.81. The Morgan fingerprint density at radius 3 is 2.20 bits per heavy atom. The van der Waals surface area contributed by atoms with E-state index in [9.17, 15) is 0 Å². The molecule has 0 aromatic heterocycles. The molecule has 1 heterocycles. The summed E-state index contributed by atoms with van der Waals surface area (Å²) in [5.74, 6) is 0. The molecular formula is C3H4N2. The van der Waals surface area contributed by atoms with Gasteiger partial charge in [0.05, 0.1) is 0 Å². The van der Waals surface area contributed by atoms with Crippen LogP contribution in [0.4, 0.5) is 0 Å². The van der Waals surface area contributed by atoms with Gasteiger partial charge in [0.25, 0.3) is 0 Å². The first kappa shape index (κ1) is 2.52. The predicted molar refractivity (Wildman–Crippen MR) is 17.2 cm³/mol. The van der Waals surface area contributed by atoms with Crippen molar-refractivity contribution >= 4 is 0 Å². The first-order valence-electron chi connectivity index (χ1n) is 1.58. The number of rotatable bonds is 0. The Morgan fingerprint density at radius 1 is 1.60 bits per heavy atom. The third-order valence-electron chi connectivity index (χ3n) is 0.589. The molecule has 0 radical (unpaired) electrons. The summed E-state index contributed by atoms with van der Waals surface area (Å²) in [4.78, 5) is 1.68. The maximum Gasteiger partial charge on any atom is 0.179 e. The third-order valence-corrected chi connectivity index (χ3v) is 0.589. The quantitative estimate of drug-likeness (QED) is 0.290. The summed E-state index contributed by atoms with van der Waals surface area (Å²) in [6, 6.07) is 0. The molecular weight excluding hydrogens is 64.0 g/mol. The highest BCUT2D eigenvalue weighted by molar-refractivity contribution is 4.85. The Morgan fingerprint density at radius 2 is 2.20 bits per heavy atom. The van der Waals surface area contributed by atoms with Crippen LogP contribution >= 0.6 is 0 Å². The summed E-state index contributed by atoms with van der Waals surface area (Å²) in [5.41, 5.74) is 0. The molecule has 0 aromatic rings. The monoisotopic (exact) mass is 68.0 g/mol. The summed E-state index contributed by atoms with van der Waals surface area (Å²) in [6.45, 7) is 1.97. The largest absolute Gasteiger partial charge is 0.307 e. The fraction of sp³-hybridized carbons (Fsp3) is 0.667. The average molecular weight is 68.1 g/mol. The molecule has 1 saturated heterocycles. The van der Waals surface area contributed by atoms with Crippen LogP contribution in [0.15, 0.2) is 0 Å². The van der Waals surface area contributed by atoms with Crippen LogP contribution < -0.4 is 0 Å². The van der Waals surface area contributed by atoms with Crippen molar-refractivity contribution in [2.24, 2.45) is 0 Å².